The molecule has 2 fully saturated rings. The third kappa shape index (κ3) is 3.61. The summed E-state index contributed by atoms with van der Waals surface area (Å²) in [6.45, 7) is 5.91. The summed E-state index contributed by atoms with van der Waals surface area (Å²) >= 11 is 0. The Kier molecular flexibility index (Phi) is 4.95. The van der Waals surface area contributed by atoms with E-state index < -0.39 is 0 Å². The number of nitrogens with one attached hydrogen (secondary N) is 3. The van der Waals surface area contributed by atoms with Crippen LogP contribution in [0.3, 0.4) is 0 Å². The number of ether oxygens (including phenoxy) is 1. The fraction of sp³-hybridized carbons (Fsp3) is 0.429. The van der Waals surface area contributed by atoms with Crippen molar-refractivity contribution in [2.24, 2.45) is 0 Å². The minimum absolute atomic E-state index is 0.431. The topological polar surface area (TPSA) is 79.3 Å². The third-order valence-electron chi connectivity index (χ3n) is 5.70. The Morgan fingerprint density at radius 3 is 2.83 bits per heavy atom. The van der Waals surface area contributed by atoms with E-state index in [4.69, 9.17) is 9.72 Å². The molecule has 0 saturated carbocycles. The molecule has 4 heterocycles. The summed E-state index contributed by atoms with van der Waals surface area (Å²) in [4.78, 5) is 11.8. The minimum atomic E-state index is 0.431. The number of methoxy groups -OCH3 is 1. The van der Waals surface area contributed by atoms with Gasteiger partial charge in [0.15, 0.2) is 0 Å². The number of fused-ring (bicyclic) bond motifs is 1. The molecule has 1 atom stereocenters. The highest BCUT2D eigenvalue weighted by molar-refractivity contribution is 5.85. The normalized spacial score (nSPS) is 19.6. The molecule has 8 nitrogen and oxygen atoms in total. The number of anilines is 2. The van der Waals surface area contributed by atoms with Gasteiger partial charge in [0, 0.05) is 44.8 Å². The molecule has 1 aromatic carbocycles. The number of hydrogen-bond donors (Lipinski definition) is 3. The summed E-state index contributed by atoms with van der Waals surface area (Å²) in [7, 11) is 1.72. The van der Waals surface area contributed by atoms with Gasteiger partial charge in [-0.1, -0.05) is 6.07 Å². The first-order chi connectivity index (χ1) is 14.3. The molecule has 0 radical (unpaired) electrons. The maximum Gasteiger partial charge on any atom is 0.144 e. The largest absolute Gasteiger partial charge is 0.495 e. The lowest BCUT2D eigenvalue weighted by atomic mass is 10.2. The molecule has 152 valence electrons. The first-order valence-electron chi connectivity index (χ1n) is 10.3. The fourth-order valence-corrected chi connectivity index (χ4v) is 4.15. The van der Waals surface area contributed by atoms with Crippen LogP contribution in [-0.4, -0.2) is 67.0 Å². The molecule has 8 heteroatoms. The van der Waals surface area contributed by atoms with Gasteiger partial charge >= 0.3 is 0 Å². The molecule has 2 aromatic heterocycles. The zero-order chi connectivity index (χ0) is 19.6. The molecule has 2 aliphatic rings. The van der Waals surface area contributed by atoms with Crippen molar-refractivity contribution >= 4 is 22.5 Å². The highest BCUT2D eigenvalue weighted by Gasteiger charge is 2.19. The third-order valence-corrected chi connectivity index (χ3v) is 5.70. The lowest BCUT2D eigenvalue weighted by Gasteiger charge is -2.30. The second kappa shape index (κ2) is 7.88. The quantitative estimate of drug-likeness (QED) is 0.608. The maximum absolute atomic E-state index is 5.67. The first kappa shape index (κ1) is 18.2. The van der Waals surface area contributed by atoms with Crippen LogP contribution in [0.1, 0.15) is 6.42 Å². The van der Waals surface area contributed by atoms with Crippen molar-refractivity contribution in [2.45, 2.75) is 12.5 Å². The van der Waals surface area contributed by atoms with E-state index in [0.29, 0.717) is 6.04 Å². The molecule has 5 rings (SSSR count). The zero-order valence-corrected chi connectivity index (χ0v) is 16.7. The summed E-state index contributed by atoms with van der Waals surface area (Å²) in [5, 5.41) is 10.3. The number of nitrogens with zero attached hydrogens (tertiary/aromatic N) is 4. The van der Waals surface area contributed by atoms with Crippen molar-refractivity contribution in [1.82, 2.24) is 25.2 Å². The molecule has 3 N–H and O–H groups in total. The van der Waals surface area contributed by atoms with Crippen molar-refractivity contribution in [3.8, 4) is 11.6 Å². The van der Waals surface area contributed by atoms with E-state index in [1.807, 2.05) is 30.6 Å². The average molecular weight is 393 g/mol. The monoisotopic (exact) mass is 393 g/mol. The van der Waals surface area contributed by atoms with Crippen molar-refractivity contribution in [1.29, 1.82) is 0 Å². The van der Waals surface area contributed by atoms with Crippen LogP contribution in [0.15, 0.2) is 36.7 Å². The van der Waals surface area contributed by atoms with Crippen molar-refractivity contribution in [2.75, 3.05) is 56.6 Å². The lowest BCUT2D eigenvalue weighted by Crippen LogP contribution is -2.43. The Morgan fingerprint density at radius 2 is 2.03 bits per heavy atom. The number of imidazole rings is 1. The average Bonchev–Trinajstić information content (AvgIpc) is 3.43. The summed E-state index contributed by atoms with van der Waals surface area (Å²) < 4.78 is 7.73. The fourth-order valence-electron chi connectivity index (χ4n) is 4.15. The van der Waals surface area contributed by atoms with Crippen molar-refractivity contribution in [3.63, 3.8) is 0 Å². The first-order valence-corrected chi connectivity index (χ1v) is 10.3. The smallest absolute Gasteiger partial charge is 0.144 e. The van der Waals surface area contributed by atoms with E-state index in [2.05, 4.69) is 36.5 Å². The van der Waals surface area contributed by atoms with Gasteiger partial charge in [0.2, 0.25) is 0 Å². The summed E-state index contributed by atoms with van der Waals surface area (Å²) in [5.41, 5.74) is 3.04. The second-order valence-corrected chi connectivity index (χ2v) is 7.58. The predicted molar refractivity (Wildman–Crippen MR) is 115 cm³/mol. The van der Waals surface area contributed by atoms with E-state index >= 15 is 0 Å². The van der Waals surface area contributed by atoms with Crippen LogP contribution in [0.5, 0.6) is 5.75 Å². The molecular weight excluding hydrogens is 366 g/mol. The number of aromatic nitrogens is 3. The summed E-state index contributed by atoms with van der Waals surface area (Å²) in [6, 6.07) is 10.7. The zero-order valence-electron chi connectivity index (χ0n) is 16.7. The molecule has 29 heavy (non-hydrogen) atoms. The van der Waals surface area contributed by atoms with E-state index in [9.17, 15) is 0 Å². The van der Waals surface area contributed by atoms with Gasteiger partial charge in [-0.15, -0.1) is 0 Å². The van der Waals surface area contributed by atoms with Crippen LogP contribution in [-0.2, 0) is 0 Å². The van der Waals surface area contributed by atoms with Crippen LogP contribution >= 0.6 is 0 Å². The molecule has 0 amide bonds. The number of rotatable bonds is 5. The second-order valence-electron chi connectivity index (χ2n) is 7.58. The number of hydrogen-bond acceptors (Lipinski definition) is 7. The van der Waals surface area contributed by atoms with Crippen molar-refractivity contribution in [3.05, 3.63) is 36.7 Å². The summed E-state index contributed by atoms with van der Waals surface area (Å²) in [6.07, 6.45) is 2.96. The SMILES string of the molecule is COc1cc2ncn(-c3cccc(NC4CCNC4)n3)c2cc1N1CCNCC1. The van der Waals surface area contributed by atoms with Crippen LogP contribution in [0.2, 0.25) is 0 Å². The Morgan fingerprint density at radius 1 is 1.14 bits per heavy atom. The Labute approximate surface area is 170 Å². The van der Waals surface area contributed by atoms with Crippen LogP contribution < -0.4 is 25.6 Å². The number of pyridine rings is 1. The molecule has 3 aromatic rings. The molecule has 0 spiro atoms. The molecule has 1 unspecified atom stereocenters. The number of benzene rings is 1. The van der Waals surface area contributed by atoms with Gasteiger partial charge < -0.3 is 25.6 Å². The summed E-state index contributed by atoms with van der Waals surface area (Å²) in [5.74, 6) is 2.62. The molecule has 2 saturated heterocycles. The highest BCUT2D eigenvalue weighted by atomic mass is 16.5. The molecule has 0 aliphatic carbocycles. The molecule has 0 bridgehead atoms. The molecule has 2 aliphatic heterocycles. The minimum Gasteiger partial charge on any atom is -0.495 e. The van der Waals surface area contributed by atoms with Gasteiger partial charge in [-0.3, -0.25) is 4.57 Å². The van der Waals surface area contributed by atoms with E-state index in [0.717, 1.165) is 79.8 Å². The van der Waals surface area contributed by atoms with Crippen molar-refractivity contribution < 1.29 is 4.74 Å². The standard InChI is InChI=1S/C21H27N7O/c1-29-19-11-16-17(12-18(19)27-9-7-22-8-10-27)28(14-24-16)21-4-2-3-20(26-21)25-15-5-6-23-13-15/h2-4,11-12,14-15,22-23H,5-10,13H2,1H3,(H,25,26). The maximum atomic E-state index is 5.67. The Bertz CT molecular complexity index is 990. The van der Waals surface area contributed by atoms with E-state index in [1.165, 1.54) is 0 Å². The Hall–Kier alpha value is -2.84. The van der Waals surface area contributed by atoms with Gasteiger partial charge in [0.25, 0.3) is 0 Å². The highest BCUT2D eigenvalue weighted by Crippen LogP contribution is 2.34. The predicted octanol–water partition coefficient (Wildman–Crippen LogP) is 1.61. The van der Waals surface area contributed by atoms with Gasteiger partial charge in [0.05, 0.1) is 23.8 Å². The van der Waals surface area contributed by atoms with Crippen LogP contribution in [0, 0.1) is 0 Å². The van der Waals surface area contributed by atoms with Crippen LogP contribution in [0.4, 0.5) is 11.5 Å². The van der Waals surface area contributed by atoms with Gasteiger partial charge in [0.1, 0.15) is 23.7 Å². The van der Waals surface area contributed by atoms with E-state index in [-0.39, 0.29) is 0 Å². The molecular formula is C21H27N7O. The van der Waals surface area contributed by atoms with Gasteiger partial charge in [-0.2, -0.15) is 0 Å². The van der Waals surface area contributed by atoms with Gasteiger partial charge in [-0.05, 0) is 31.2 Å². The van der Waals surface area contributed by atoms with Gasteiger partial charge in [-0.25, -0.2) is 9.97 Å². The number of piperazine rings is 1. The lowest BCUT2D eigenvalue weighted by molar-refractivity contribution is 0.413. The Balaban J connectivity index is 1.51. The van der Waals surface area contributed by atoms with E-state index in [1.54, 1.807) is 7.11 Å². The van der Waals surface area contributed by atoms with Crippen LogP contribution in [0.25, 0.3) is 16.9 Å².